The van der Waals surface area contributed by atoms with Crippen molar-refractivity contribution in [2.75, 3.05) is 7.05 Å². The van der Waals surface area contributed by atoms with Crippen LogP contribution in [0.25, 0.3) is 0 Å². The van der Waals surface area contributed by atoms with Gasteiger partial charge in [0.2, 0.25) is 0 Å². The molecule has 1 aromatic rings. The zero-order valence-corrected chi connectivity index (χ0v) is 11.3. The predicted molar refractivity (Wildman–Crippen MR) is 69.9 cm³/mol. The van der Waals surface area contributed by atoms with Crippen LogP contribution in [-0.2, 0) is 0 Å². The van der Waals surface area contributed by atoms with Crippen LogP contribution in [0.4, 0.5) is 4.39 Å². The van der Waals surface area contributed by atoms with E-state index >= 15 is 0 Å². The van der Waals surface area contributed by atoms with E-state index in [2.05, 4.69) is 27.8 Å². The molecule has 0 radical (unpaired) electrons. The highest BCUT2D eigenvalue weighted by atomic mass is 79.9. The molecule has 0 bridgehead atoms. The van der Waals surface area contributed by atoms with Crippen molar-refractivity contribution in [3.63, 3.8) is 0 Å². The van der Waals surface area contributed by atoms with Crippen molar-refractivity contribution in [2.24, 2.45) is 0 Å². The third-order valence-corrected chi connectivity index (χ3v) is 3.40. The second-order valence-corrected chi connectivity index (χ2v) is 4.77. The predicted octanol–water partition coefficient (Wildman–Crippen LogP) is 4.21. The number of nitrogens with one attached hydrogen (secondary N) is 1. The van der Waals surface area contributed by atoms with Gasteiger partial charge < -0.3 is 5.32 Å². The van der Waals surface area contributed by atoms with Crippen LogP contribution in [-0.4, -0.2) is 7.05 Å². The molecule has 0 aromatic heterocycles. The summed E-state index contributed by atoms with van der Waals surface area (Å²) in [4.78, 5) is 0. The third-order valence-electron chi connectivity index (χ3n) is 2.57. The molecule has 0 spiro atoms. The van der Waals surface area contributed by atoms with Crippen molar-refractivity contribution in [1.29, 1.82) is 0 Å². The average Bonchev–Trinajstić information content (AvgIpc) is 2.24. The Morgan fingerprint density at radius 3 is 2.81 bits per heavy atom. The Hall–Kier alpha value is -0.670. The summed E-state index contributed by atoms with van der Waals surface area (Å²) < 4.78 is 13.9. The lowest BCUT2D eigenvalue weighted by Gasteiger charge is -2.18. The van der Waals surface area contributed by atoms with Gasteiger partial charge in [-0.05, 0) is 54.4 Å². The molecule has 16 heavy (non-hydrogen) atoms. The third kappa shape index (κ3) is 3.42. The van der Waals surface area contributed by atoms with Gasteiger partial charge in [0.05, 0.1) is 4.47 Å². The minimum atomic E-state index is -0.215. The first-order valence-corrected chi connectivity index (χ1v) is 6.11. The number of benzene rings is 1. The molecule has 1 N–H and O–H groups in total. The Kier molecular flexibility index (Phi) is 5.16. The normalized spacial score (nSPS) is 12.5. The van der Waals surface area contributed by atoms with E-state index in [0.717, 1.165) is 24.0 Å². The standard InChI is InChI=1S/C13H17BrFN/c1-9(2)7-8-12(16-3)10-5-4-6-11(15)13(10)14/h4-6,12,16H,1,7-8H2,2-3H3. The van der Waals surface area contributed by atoms with Crippen LogP contribution >= 0.6 is 15.9 Å². The SMILES string of the molecule is C=C(C)CCC(NC)c1cccc(F)c1Br. The van der Waals surface area contributed by atoms with Crippen LogP contribution in [0.2, 0.25) is 0 Å². The molecule has 3 heteroatoms. The maximum Gasteiger partial charge on any atom is 0.137 e. The first kappa shape index (κ1) is 13.4. The average molecular weight is 286 g/mol. The molecule has 1 unspecified atom stereocenters. The van der Waals surface area contributed by atoms with E-state index in [9.17, 15) is 4.39 Å². The Bertz CT molecular complexity index is 376. The quantitative estimate of drug-likeness (QED) is 0.800. The Labute approximate surface area is 105 Å². The molecular weight excluding hydrogens is 269 g/mol. The van der Waals surface area contributed by atoms with E-state index in [-0.39, 0.29) is 11.9 Å². The fraction of sp³-hybridized carbons (Fsp3) is 0.385. The van der Waals surface area contributed by atoms with E-state index < -0.39 is 0 Å². The number of hydrogen-bond acceptors (Lipinski definition) is 1. The van der Waals surface area contributed by atoms with Gasteiger partial charge >= 0.3 is 0 Å². The van der Waals surface area contributed by atoms with Gasteiger partial charge in [-0.3, -0.25) is 0 Å². The zero-order valence-electron chi connectivity index (χ0n) is 9.69. The number of allylic oxidation sites excluding steroid dienone is 1. The maximum atomic E-state index is 13.4. The molecule has 1 aromatic carbocycles. The van der Waals surface area contributed by atoms with E-state index in [1.807, 2.05) is 20.0 Å². The Morgan fingerprint density at radius 2 is 2.25 bits per heavy atom. The largest absolute Gasteiger partial charge is 0.313 e. The second-order valence-electron chi connectivity index (χ2n) is 3.98. The van der Waals surface area contributed by atoms with Gasteiger partial charge in [0, 0.05) is 6.04 Å². The van der Waals surface area contributed by atoms with Gasteiger partial charge in [0.15, 0.2) is 0 Å². The van der Waals surface area contributed by atoms with Crippen LogP contribution in [0.5, 0.6) is 0 Å². The summed E-state index contributed by atoms with van der Waals surface area (Å²) in [5.74, 6) is -0.215. The molecule has 1 rings (SSSR count). The van der Waals surface area contributed by atoms with Crippen LogP contribution in [0.3, 0.4) is 0 Å². The van der Waals surface area contributed by atoms with E-state index in [1.165, 1.54) is 6.07 Å². The molecule has 0 aliphatic rings. The number of rotatable bonds is 5. The highest BCUT2D eigenvalue weighted by Gasteiger charge is 2.14. The highest BCUT2D eigenvalue weighted by molar-refractivity contribution is 9.10. The van der Waals surface area contributed by atoms with Crippen LogP contribution in [0, 0.1) is 5.82 Å². The Balaban J connectivity index is 2.86. The molecule has 1 atom stereocenters. The molecule has 0 saturated carbocycles. The first-order chi connectivity index (χ1) is 7.56. The van der Waals surface area contributed by atoms with E-state index in [4.69, 9.17) is 0 Å². The summed E-state index contributed by atoms with van der Waals surface area (Å²) in [6.45, 7) is 5.89. The molecule has 0 heterocycles. The van der Waals surface area contributed by atoms with Gasteiger partial charge in [0.25, 0.3) is 0 Å². The van der Waals surface area contributed by atoms with Crippen molar-refractivity contribution >= 4 is 15.9 Å². The smallest absolute Gasteiger partial charge is 0.137 e. The lowest BCUT2D eigenvalue weighted by molar-refractivity contribution is 0.537. The highest BCUT2D eigenvalue weighted by Crippen LogP contribution is 2.29. The summed E-state index contributed by atoms with van der Waals surface area (Å²) in [6.07, 6.45) is 1.86. The molecule has 0 fully saturated rings. The zero-order chi connectivity index (χ0) is 12.1. The summed E-state index contributed by atoms with van der Waals surface area (Å²) in [5.41, 5.74) is 2.11. The Morgan fingerprint density at radius 1 is 1.56 bits per heavy atom. The van der Waals surface area contributed by atoms with Crippen LogP contribution in [0.15, 0.2) is 34.8 Å². The summed E-state index contributed by atoms with van der Waals surface area (Å²) in [5, 5.41) is 3.20. The fourth-order valence-electron chi connectivity index (χ4n) is 1.64. The molecule has 0 aliphatic carbocycles. The number of halogens is 2. The molecule has 1 nitrogen and oxygen atoms in total. The van der Waals surface area contributed by atoms with Gasteiger partial charge in [-0.25, -0.2) is 4.39 Å². The van der Waals surface area contributed by atoms with Crippen LogP contribution in [0.1, 0.15) is 31.4 Å². The van der Waals surface area contributed by atoms with Crippen molar-refractivity contribution in [3.05, 3.63) is 46.2 Å². The summed E-state index contributed by atoms with van der Waals surface area (Å²) in [7, 11) is 1.89. The minimum absolute atomic E-state index is 0.154. The lowest BCUT2D eigenvalue weighted by Crippen LogP contribution is -2.17. The molecule has 88 valence electrons. The van der Waals surface area contributed by atoms with E-state index in [0.29, 0.717) is 4.47 Å². The van der Waals surface area contributed by atoms with Gasteiger partial charge in [-0.15, -0.1) is 6.58 Å². The fourth-order valence-corrected chi connectivity index (χ4v) is 2.18. The summed E-state index contributed by atoms with van der Waals surface area (Å²) in [6, 6.07) is 5.29. The van der Waals surface area contributed by atoms with Gasteiger partial charge in [-0.1, -0.05) is 17.7 Å². The topological polar surface area (TPSA) is 12.0 Å². The monoisotopic (exact) mass is 285 g/mol. The lowest BCUT2D eigenvalue weighted by atomic mass is 10.00. The molecule has 0 aliphatic heterocycles. The molecule has 0 amide bonds. The van der Waals surface area contributed by atoms with Crippen molar-refractivity contribution < 1.29 is 4.39 Å². The van der Waals surface area contributed by atoms with Gasteiger partial charge in [0.1, 0.15) is 5.82 Å². The van der Waals surface area contributed by atoms with Crippen molar-refractivity contribution in [2.45, 2.75) is 25.8 Å². The minimum Gasteiger partial charge on any atom is -0.313 e. The molecular formula is C13H17BrFN. The van der Waals surface area contributed by atoms with Gasteiger partial charge in [-0.2, -0.15) is 0 Å². The van der Waals surface area contributed by atoms with E-state index in [1.54, 1.807) is 6.07 Å². The molecule has 0 saturated heterocycles. The summed E-state index contributed by atoms with van der Waals surface area (Å²) >= 11 is 3.29. The number of hydrogen-bond donors (Lipinski definition) is 1. The maximum absolute atomic E-state index is 13.4. The van der Waals surface area contributed by atoms with Crippen molar-refractivity contribution in [1.82, 2.24) is 5.32 Å². The first-order valence-electron chi connectivity index (χ1n) is 5.31. The second kappa shape index (κ2) is 6.16. The van der Waals surface area contributed by atoms with Crippen molar-refractivity contribution in [3.8, 4) is 0 Å². The van der Waals surface area contributed by atoms with Crippen LogP contribution < -0.4 is 5.32 Å².